The predicted octanol–water partition coefficient (Wildman–Crippen LogP) is 0.183. The number of aromatic nitrogens is 2. The topological polar surface area (TPSA) is 95.7 Å². The van der Waals surface area contributed by atoms with Crippen LogP contribution in [0, 0.1) is 6.92 Å². The van der Waals surface area contributed by atoms with Gasteiger partial charge in [0, 0.05) is 13.1 Å². The van der Waals surface area contributed by atoms with E-state index in [1.165, 1.54) is 4.90 Å². The Morgan fingerprint density at radius 3 is 2.33 bits per heavy atom. The fraction of sp³-hybridized carbons (Fsp3) is 0.545. The highest BCUT2D eigenvalue weighted by Gasteiger charge is 2.16. The number of carboxylic acid groups (broad SMARTS) is 2. The van der Waals surface area contributed by atoms with Crippen LogP contribution in [0.2, 0.25) is 0 Å². The van der Waals surface area contributed by atoms with Crippen LogP contribution < -0.4 is 0 Å². The molecule has 100 valence electrons. The molecule has 1 aromatic rings. The van der Waals surface area contributed by atoms with Gasteiger partial charge in [-0.1, -0.05) is 0 Å². The van der Waals surface area contributed by atoms with Gasteiger partial charge < -0.3 is 10.2 Å². The highest BCUT2D eigenvalue weighted by molar-refractivity contribution is 5.72. The van der Waals surface area contributed by atoms with Crippen LogP contribution >= 0.6 is 0 Å². The maximum absolute atomic E-state index is 10.7. The van der Waals surface area contributed by atoms with E-state index in [0.717, 1.165) is 11.4 Å². The van der Waals surface area contributed by atoms with Gasteiger partial charge in [-0.05, 0) is 19.9 Å². The lowest BCUT2D eigenvalue weighted by molar-refractivity contribution is -0.142. The molecule has 0 bridgehead atoms. The maximum atomic E-state index is 10.7. The molecule has 0 aromatic carbocycles. The van der Waals surface area contributed by atoms with Crippen LogP contribution in [-0.4, -0.2) is 49.9 Å². The molecule has 0 saturated carbocycles. The van der Waals surface area contributed by atoms with Gasteiger partial charge in [-0.25, -0.2) is 0 Å². The Morgan fingerprint density at radius 2 is 1.89 bits per heavy atom. The Morgan fingerprint density at radius 1 is 1.33 bits per heavy atom. The van der Waals surface area contributed by atoms with E-state index in [0.29, 0.717) is 6.54 Å². The van der Waals surface area contributed by atoms with E-state index in [1.807, 2.05) is 19.9 Å². The molecule has 0 atom stereocenters. The van der Waals surface area contributed by atoms with Crippen LogP contribution in [-0.2, 0) is 22.7 Å². The first kappa shape index (κ1) is 14.2. The van der Waals surface area contributed by atoms with E-state index in [1.54, 1.807) is 4.68 Å². The molecule has 0 aliphatic heterocycles. The SMILES string of the molecule is CCn1nc(C)cc1CN(CC(=O)O)CC(=O)O. The van der Waals surface area contributed by atoms with Crippen LogP contribution in [0.3, 0.4) is 0 Å². The molecule has 0 radical (unpaired) electrons. The minimum absolute atomic E-state index is 0.257. The van der Waals surface area contributed by atoms with Gasteiger partial charge in [0.2, 0.25) is 0 Å². The van der Waals surface area contributed by atoms with Crippen molar-refractivity contribution >= 4 is 11.9 Å². The molecule has 1 rings (SSSR count). The van der Waals surface area contributed by atoms with E-state index in [9.17, 15) is 9.59 Å². The molecule has 0 unspecified atom stereocenters. The molecule has 2 N–H and O–H groups in total. The molecule has 0 aliphatic rings. The van der Waals surface area contributed by atoms with E-state index in [4.69, 9.17) is 10.2 Å². The lowest BCUT2D eigenvalue weighted by Crippen LogP contribution is -2.34. The summed E-state index contributed by atoms with van der Waals surface area (Å²) in [5.74, 6) is -2.09. The smallest absolute Gasteiger partial charge is 0.317 e. The third-order valence-electron chi connectivity index (χ3n) is 2.39. The lowest BCUT2D eigenvalue weighted by atomic mass is 10.3. The minimum atomic E-state index is -1.05. The molecule has 1 heterocycles. The Kier molecular flexibility index (Phi) is 4.85. The number of hydrogen-bond donors (Lipinski definition) is 2. The molecule has 7 nitrogen and oxygen atoms in total. The molecule has 1 aromatic heterocycles. The molecule has 0 saturated heterocycles. The van der Waals surface area contributed by atoms with Crippen molar-refractivity contribution in [2.75, 3.05) is 13.1 Å². The quantitative estimate of drug-likeness (QED) is 0.721. The molecule has 0 amide bonds. The van der Waals surface area contributed by atoms with Crippen molar-refractivity contribution in [3.8, 4) is 0 Å². The van der Waals surface area contributed by atoms with Crippen LogP contribution in [0.25, 0.3) is 0 Å². The van der Waals surface area contributed by atoms with Gasteiger partial charge >= 0.3 is 11.9 Å². The van der Waals surface area contributed by atoms with Crippen molar-refractivity contribution in [2.45, 2.75) is 26.9 Å². The highest BCUT2D eigenvalue weighted by atomic mass is 16.4. The van der Waals surface area contributed by atoms with Crippen LogP contribution in [0.5, 0.6) is 0 Å². The predicted molar refractivity (Wildman–Crippen MR) is 63.2 cm³/mol. The third-order valence-corrected chi connectivity index (χ3v) is 2.39. The fourth-order valence-corrected chi connectivity index (χ4v) is 1.78. The standard InChI is InChI=1S/C11H17N3O4/c1-3-14-9(4-8(2)12-14)5-13(6-10(15)16)7-11(17)18/h4H,3,5-7H2,1-2H3,(H,15,16)(H,17,18). The first-order chi connectivity index (χ1) is 8.42. The summed E-state index contributed by atoms with van der Waals surface area (Å²) in [7, 11) is 0. The van der Waals surface area contributed by atoms with E-state index in [-0.39, 0.29) is 19.6 Å². The van der Waals surface area contributed by atoms with Gasteiger partial charge in [0.25, 0.3) is 0 Å². The molecular formula is C11H17N3O4. The second-order valence-corrected chi connectivity index (χ2v) is 4.03. The summed E-state index contributed by atoms with van der Waals surface area (Å²) in [4.78, 5) is 22.7. The summed E-state index contributed by atoms with van der Waals surface area (Å²) >= 11 is 0. The van der Waals surface area contributed by atoms with E-state index < -0.39 is 11.9 Å². The number of carboxylic acids is 2. The second kappa shape index (κ2) is 6.15. The lowest BCUT2D eigenvalue weighted by Gasteiger charge is -2.18. The number of aryl methyl sites for hydroxylation is 2. The normalized spacial score (nSPS) is 10.8. The zero-order chi connectivity index (χ0) is 13.7. The summed E-state index contributed by atoms with van der Waals surface area (Å²) in [6.45, 7) is 4.08. The van der Waals surface area contributed by atoms with Crippen molar-refractivity contribution < 1.29 is 19.8 Å². The van der Waals surface area contributed by atoms with Gasteiger partial charge in [0.05, 0.1) is 24.5 Å². The molecule has 18 heavy (non-hydrogen) atoms. The highest BCUT2D eigenvalue weighted by Crippen LogP contribution is 2.07. The number of carbonyl (C=O) groups is 2. The van der Waals surface area contributed by atoms with Crippen LogP contribution in [0.15, 0.2) is 6.07 Å². The summed E-state index contributed by atoms with van der Waals surface area (Å²) < 4.78 is 1.74. The first-order valence-corrected chi connectivity index (χ1v) is 5.61. The summed E-state index contributed by atoms with van der Waals surface area (Å²) in [5, 5.41) is 21.7. The largest absolute Gasteiger partial charge is 0.480 e. The Hall–Kier alpha value is -1.89. The Balaban J connectivity index is 2.80. The Labute approximate surface area is 105 Å². The first-order valence-electron chi connectivity index (χ1n) is 5.61. The van der Waals surface area contributed by atoms with Crippen molar-refractivity contribution in [2.24, 2.45) is 0 Å². The molecular weight excluding hydrogens is 238 g/mol. The molecule has 0 spiro atoms. The Bertz CT molecular complexity index is 425. The number of rotatable bonds is 7. The minimum Gasteiger partial charge on any atom is -0.480 e. The van der Waals surface area contributed by atoms with Gasteiger partial charge in [0.1, 0.15) is 0 Å². The average Bonchev–Trinajstić information content (AvgIpc) is 2.56. The number of aliphatic carboxylic acids is 2. The summed E-state index contributed by atoms with van der Waals surface area (Å²) in [5.41, 5.74) is 1.65. The van der Waals surface area contributed by atoms with Gasteiger partial charge in [-0.2, -0.15) is 5.10 Å². The third kappa shape index (κ3) is 4.17. The maximum Gasteiger partial charge on any atom is 0.317 e. The summed E-state index contributed by atoms with van der Waals surface area (Å²) in [6.07, 6.45) is 0. The number of nitrogens with zero attached hydrogens (tertiary/aromatic N) is 3. The van der Waals surface area contributed by atoms with Crippen molar-refractivity contribution in [1.29, 1.82) is 0 Å². The van der Waals surface area contributed by atoms with Gasteiger partial charge in [0.15, 0.2) is 0 Å². The van der Waals surface area contributed by atoms with E-state index in [2.05, 4.69) is 5.10 Å². The van der Waals surface area contributed by atoms with Crippen molar-refractivity contribution in [3.63, 3.8) is 0 Å². The second-order valence-electron chi connectivity index (χ2n) is 4.03. The molecule has 0 fully saturated rings. The van der Waals surface area contributed by atoms with Crippen LogP contribution in [0.4, 0.5) is 0 Å². The van der Waals surface area contributed by atoms with Crippen LogP contribution in [0.1, 0.15) is 18.3 Å². The summed E-state index contributed by atoms with van der Waals surface area (Å²) in [6, 6.07) is 1.83. The van der Waals surface area contributed by atoms with Gasteiger partial charge in [-0.3, -0.25) is 19.2 Å². The average molecular weight is 255 g/mol. The van der Waals surface area contributed by atoms with Crippen molar-refractivity contribution in [1.82, 2.24) is 14.7 Å². The number of hydrogen-bond acceptors (Lipinski definition) is 4. The monoisotopic (exact) mass is 255 g/mol. The van der Waals surface area contributed by atoms with E-state index >= 15 is 0 Å². The van der Waals surface area contributed by atoms with Gasteiger partial charge in [-0.15, -0.1) is 0 Å². The van der Waals surface area contributed by atoms with Crippen molar-refractivity contribution in [3.05, 3.63) is 17.5 Å². The zero-order valence-corrected chi connectivity index (χ0v) is 10.5. The molecule has 7 heteroatoms. The zero-order valence-electron chi connectivity index (χ0n) is 10.5. The fourth-order valence-electron chi connectivity index (χ4n) is 1.78. The molecule has 0 aliphatic carbocycles.